The summed E-state index contributed by atoms with van der Waals surface area (Å²) in [6.07, 6.45) is 9.74. The molecule has 2 aromatic carbocycles. The normalized spacial score (nSPS) is 21.4. The number of carbonyl (C=O) groups excluding carboxylic acids is 2. The highest BCUT2D eigenvalue weighted by atomic mass is 35.5. The molecule has 58 heavy (non-hydrogen) atoms. The molecule has 304 valence electrons. The number of halogens is 1. The molecular weight excluding hydrogens is 756 g/mol. The highest BCUT2D eigenvalue weighted by Gasteiger charge is 2.53. The van der Waals surface area contributed by atoms with Gasteiger partial charge in [-0.25, -0.2) is 15.0 Å². The summed E-state index contributed by atoms with van der Waals surface area (Å²) in [6, 6.07) is 19.5. The quantitative estimate of drug-likeness (QED) is 0.160. The summed E-state index contributed by atoms with van der Waals surface area (Å²) < 4.78 is 11.2. The number of aromatic nitrogens is 4. The van der Waals surface area contributed by atoms with E-state index in [1.807, 2.05) is 79.4 Å². The van der Waals surface area contributed by atoms with Crippen molar-refractivity contribution in [3.63, 3.8) is 0 Å². The van der Waals surface area contributed by atoms with Crippen molar-refractivity contribution in [2.24, 2.45) is 10.2 Å². The molecule has 0 radical (unpaired) electrons. The van der Waals surface area contributed by atoms with Crippen LogP contribution < -0.4 is 19.6 Å². The van der Waals surface area contributed by atoms with Gasteiger partial charge in [0.25, 0.3) is 11.8 Å². The average molecular weight is 807 g/mol. The zero-order chi connectivity index (χ0) is 39.5. The summed E-state index contributed by atoms with van der Waals surface area (Å²) in [5.74, 6) is 4.67. The van der Waals surface area contributed by atoms with Crippen LogP contribution in [0.5, 0.6) is 0 Å². The van der Waals surface area contributed by atoms with E-state index in [-0.39, 0.29) is 32.0 Å². The highest BCUT2D eigenvalue weighted by molar-refractivity contribution is 6.28. The maximum atomic E-state index is 13.2. The second-order valence-electron chi connectivity index (χ2n) is 13.8. The SMILES string of the molecule is C.C.C#Cc1ccccc1.CCC12COCCN1c1nc(C3=C(c4ccccc4)N=NC3)ncc1N(C)C2=O.CCC12COCCN1c1nc(Cl)ncc1N(C)C2=O. The van der Waals surface area contributed by atoms with Crippen LogP contribution in [0.2, 0.25) is 5.28 Å². The lowest BCUT2D eigenvalue weighted by atomic mass is 9.89. The van der Waals surface area contributed by atoms with Crippen molar-refractivity contribution >= 4 is 57.7 Å². The Kier molecular flexibility index (Phi) is 13.6. The molecule has 15 heteroatoms. The second kappa shape index (κ2) is 18.2. The molecule has 2 unspecified atom stereocenters. The maximum absolute atomic E-state index is 13.2. The van der Waals surface area contributed by atoms with Crippen LogP contribution in [0.3, 0.4) is 0 Å². The van der Waals surface area contributed by atoms with Crippen molar-refractivity contribution in [1.29, 1.82) is 0 Å². The largest absolute Gasteiger partial charge is 0.377 e. The Hall–Kier alpha value is -5.75. The predicted octanol–water partition coefficient (Wildman–Crippen LogP) is 6.80. The molecule has 2 aromatic heterocycles. The van der Waals surface area contributed by atoms with Crippen LogP contribution in [-0.4, -0.2) is 103 Å². The number of rotatable bonds is 4. The molecule has 4 aromatic rings. The minimum absolute atomic E-state index is 0. The van der Waals surface area contributed by atoms with Crippen molar-refractivity contribution in [3.05, 3.63) is 95.3 Å². The summed E-state index contributed by atoms with van der Waals surface area (Å²) >= 11 is 5.90. The standard InChI is InChI=1S/C21H22N6O2.C12H15ClN4O2.C8H6.2CH4/c1-3-21-13-29-10-9-27(21)19-16(26(2)20(21)28)12-22-18(24-19)15-11-23-25-17(15)14-7-5-4-6-8-14;1-3-12-7-19-5-4-17(12)9-8(16(2)10(12)18)6-14-11(13)15-9;1-2-8-6-4-3-5-7-8;;/h4-8,12H,3,9-11,13H2,1-2H3;6H,3-5,7H2,1-2H3;1,3-7H;2*1H4. The number of benzene rings is 2. The van der Waals surface area contributed by atoms with Crippen LogP contribution in [0.1, 0.15) is 58.5 Å². The van der Waals surface area contributed by atoms with Crippen molar-refractivity contribution < 1.29 is 19.1 Å². The molecule has 2 amide bonds. The zero-order valence-corrected chi connectivity index (χ0v) is 32.6. The first-order valence-electron chi connectivity index (χ1n) is 18.5. The molecule has 2 fully saturated rings. The van der Waals surface area contributed by atoms with E-state index in [1.165, 1.54) is 0 Å². The summed E-state index contributed by atoms with van der Waals surface area (Å²) in [6.45, 7) is 7.61. The minimum Gasteiger partial charge on any atom is -0.377 e. The molecular formula is C43H51ClN10O4. The number of anilines is 4. The van der Waals surface area contributed by atoms with Gasteiger partial charge in [-0.2, -0.15) is 15.2 Å². The van der Waals surface area contributed by atoms with Gasteiger partial charge in [0.15, 0.2) is 17.5 Å². The number of hydrogen-bond acceptors (Lipinski definition) is 12. The first-order valence-corrected chi connectivity index (χ1v) is 18.9. The molecule has 0 saturated carbocycles. The van der Waals surface area contributed by atoms with E-state index >= 15 is 0 Å². The number of likely N-dealkylation sites (N-methyl/N-ethyl adjacent to an activating group) is 2. The van der Waals surface area contributed by atoms with Crippen LogP contribution >= 0.6 is 11.6 Å². The van der Waals surface area contributed by atoms with Crippen LogP contribution in [0, 0.1) is 12.3 Å². The van der Waals surface area contributed by atoms with Crippen LogP contribution in [0.15, 0.2) is 83.3 Å². The maximum Gasteiger partial charge on any atom is 0.255 e. The number of ether oxygens (including phenoxy) is 2. The lowest BCUT2D eigenvalue weighted by Gasteiger charge is -2.51. The molecule has 2 atom stereocenters. The average Bonchev–Trinajstić information content (AvgIpc) is 3.76. The molecule has 0 spiro atoms. The minimum atomic E-state index is -0.716. The lowest BCUT2D eigenvalue weighted by Crippen LogP contribution is -2.68. The van der Waals surface area contributed by atoms with E-state index < -0.39 is 11.1 Å². The van der Waals surface area contributed by atoms with Gasteiger partial charge in [0.1, 0.15) is 28.1 Å². The molecule has 5 aliphatic heterocycles. The Morgan fingerprint density at radius 3 is 1.81 bits per heavy atom. The number of carbonyl (C=O) groups is 2. The first kappa shape index (κ1) is 43.4. The second-order valence-corrected chi connectivity index (χ2v) is 14.1. The van der Waals surface area contributed by atoms with Gasteiger partial charge in [-0.15, -0.1) is 6.42 Å². The fourth-order valence-corrected chi connectivity index (χ4v) is 7.79. The number of morpholine rings is 2. The third-order valence-corrected chi connectivity index (χ3v) is 11.0. The van der Waals surface area contributed by atoms with Crippen LogP contribution in [-0.2, 0) is 19.1 Å². The van der Waals surface area contributed by atoms with Gasteiger partial charge in [0, 0.05) is 43.9 Å². The molecule has 9 rings (SSSR count). The highest BCUT2D eigenvalue weighted by Crippen LogP contribution is 2.43. The van der Waals surface area contributed by atoms with E-state index in [0.717, 1.165) is 33.9 Å². The van der Waals surface area contributed by atoms with Crippen LogP contribution in [0.4, 0.5) is 23.0 Å². The van der Waals surface area contributed by atoms with Gasteiger partial charge in [0.05, 0.1) is 45.4 Å². The number of hydrogen-bond donors (Lipinski definition) is 0. The molecule has 0 aliphatic carbocycles. The Bertz CT molecular complexity index is 2220. The topological polar surface area (TPSA) is 142 Å². The monoisotopic (exact) mass is 806 g/mol. The van der Waals surface area contributed by atoms with E-state index in [4.69, 9.17) is 32.5 Å². The number of azo groups is 1. The summed E-state index contributed by atoms with van der Waals surface area (Å²) in [5, 5.41) is 8.76. The summed E-state index contributed by atoms with van der Waals surface area (Å²) in [7, 11) is 3.52. The van der Waals surface area contributed by atoms with Crippen molar-refractivity contribution in [2.45, 2.75) is 52.6 Å². The molecule has 0 N–H and O–H groups in total. The van der Waals surface area contributed by atoms with Gasteiger partial charge >= 0.3 is 0 Å². The lowest BCUT2D eigenvalue weighted by molar-refractivity contribution is -0.129. The smallest absolute Gasteiger partial charge is 0.255 e. The van der Waals surface area contributed by atoms with Crippen molar-refractivity contribution in [2.75, 3.05) is 79.8 Å². The third-order valence-electron chi connectivity index (χ3n) is 10.9. The molecule has 0 bridgehead atoms. The number of nitrogens with zero attached hydrogens (tertiary/aromatic N) is 10. The number of fused-ring (bicyclic) bond motifs is 6. The van der Waals surface area contributed by atoms with E-state index in [9.17, 15) is 9.59 Å². The van der Waals surface area contributed by atoms with E-state index in [1.54, 1.807) is 36.3 Å². The Labute approximate surface area is 346 Å². The Morgan fingerprint density at radius 1 is 0.776 bits per heavy atom. The molecule has 5 aliphatic rings. The number of amides is 2. The predicted molar refractivity (Wildman–Crippen MR) is 229 cm³/mol. The fraction of sp³-hybridized carbons (Fsp3) is 0.395. The first-order chi connectivity index (χ1) is 27.2. The van der Waals surface area contributed by atoms with Gasteiger partial charge in [0.2, 0.25) is 5.28 Å². The zero-order valence-electron chi connectivity index (χ0n) is 31.9. The Balaban J connectivity index is 0.000000190. The van der Waals surface area contributed by atoms with Crippen LogP contribution in [0.25, 0.3) is 11.3 Å². The van der Waals surface area contributed by atoms with E-state index in [0.29, 0.717) is 76.2 Å². The Morgan fingerprint density at radius 2 is 1.29 bits per heavy atom. The third kappa shape index (κ3) is 7.65. The molecule has 7 heterocycles. The van der Waals surface area contributed by atoms with Gasteiger partial charge in [-0.1, -0.05) is 83.2 Å². The van der Waals surface area contributed by atoms with Crippen molar-refractivity contribution in [3.8, 4) is 12.3 Å². The summed E-state index contributed by atoms with van der Waals surface area (Å²) in [4.78, 5) is 51.0. The van der Waals surface area contributed by atoms with Gasteiger partial charge in [-0.05, 0) is 36.6 Å². The molecule has 14 nitrogen and oxygen atoms in total. The van der Waals surface area contributed by atoms with Crippen molar-refractivity contribution in [1.82, 2.24) is 19.9 Å². The molecule has 2 saturated heterocycles. The fourth-order valence-electron chi connectivity index (χ4n) is 7.66. The van der Waals surface area contributed by atoms with Gasteiger partial charge in [-0.3, -0.25) is 9.59 Å². The van der Waals surface area contributed by atoms with E-state index in [2.05, 4.69) is 36.0 Å². The van der Waals surface area contributed by atoms with Gasteiger partial charge < -0.3 is 29.1 Å². The number of terminal acetylenes is 1. The summed E-state index contributed by atoms with van der Waals surface area (Å²) in [5.41, 5.74) is 3.66.